The van der Waals surface area contributed by atoms with Crippen LogP contribution < -0.4 is 11.5 Å². The molecule has 0 fully saturated rings. The highest BCUT2D eigenvalue weighted by atomic mass is 16.5. The van der Waals surface area contributed by atoms with Gasteiger partial charge >= 0.3 is 0 Å². The number of carbonyl (C=O) groups excluding carboxylic acids is 1. The molecule has 0 saturated carbocycles. The van der Waals surface area contributed by atoms with Gasteiger partial charge in [0.2, 0.25) is 5.91 Å². The van der Waals surface area contributed by atoms with Crippen molar-refractivity contribution in [3.8, 4) is 0 Å². The topological polar surface area (TPSA) is 78.3 Å². The van der Waals surface area contributed by atoms with Gasteiger partial charge < -0.3 is 16.2 Å². The molecule has 1 rings (SSSR count). The highest BCUT2D eigenvalue weighted by molar-refractivity contribution is 5.80. The predicted octanol–water partition coefficient (Wildman–Crippen LogP) is 0.404. The molecule has 1 unspecified atom stereocenters. The van der Waals surface area contributed by atoms with Crippen LogP contribution in [0.15, 0.2) is 30.3 Å². The molecule has 0 spiro atoms. The van der Waals surface area contributed by atoms with Crippen molar-refractivity contribution in [2.24, 2.45) is 11.5 Å². The van der Waals surface area contributed by atoms with Crippen LogP contribution in [0.1, 0.15) is 12.5 Å². The third-order valence-electron chi connectivity index (χ3n) is 2.19. The van der Waals surface area contributed by atoms with E-state index in [1.807, 2.05) is 30.3 Å². The van der Waals surface area contributed by atoms with Crippen molar-refractivity contribution in [1.29, 1.82) is 0 Å². The van der Waals surface area contributed by atoms with Gasteiger partial charge in [0.25, 0.3) is 0 Å². The van der Waals surface area contributed by atoms with Crippen LogP contribution in [0.2, 0.25) is 0 Å². The standard InChI is InChI=1S/C11H16N2O2/c1-8(10(12)11(13)14)15-7-9-5-3-2-4-6-9/h2-6,8,10H,7,12H2,1H3,(H2,13,14)/t8?,10-/m0/s1. The average molecular weight is 208 g/mol. The largest absolute Gasteiger partial charge is 0.372 e. The Kier molecular flexibility index (Phi) is 4.27. The molecule has 0 aliphatic heterocycles. The van der Waals surface area contributed by atoms with Crippen LogP contribution >= 0.6 is 0 Å². The zero-order valence-electron chi connectivity index (χ0n) is 8.72. The molecule has 0 saturated heterocycles. The maximum Gasteiger partial charge on any atom is 0.237 e. The first-order valence-electron chi connectivity index (χ1n) is 4.81. The van der Waals surface area contributed by atoms with Gasteiger partial charge in [0.1, 0.15) is 6.04 Å². The summed E-state index contributed by atoms with van der Waals surface area (Å²) >= 11 is 0. The third kappa shape index (κ3) is 3.69. The average Bonchev–Trinajstić information content (AvgIpc) is 2.26. The molecule has 0 aliphatic carbocycles. The number of ether oxygens (including phenoxy) is 1. The third-order valence-corrected chi connectivity index (χ3v) is 2.19. The van der Waals surface area contributed by atoms with Crippen LogP contribution in [0, 0.1) is 0 Å². The van der Waals surface area contributed by atoms with Crippen LogP contribution in [-0.4, -0.2) is 18.1 Å². The fraction of sp³-hybridized carbons (Fsp3) is 0.364. The van der Waals surface area contributed by atoms with Crippen molar-refractivity contribution in [1.82, 2.24) is 0 Å². The summed E-state index contributed by atoms with van der Waals surface area (Å²) in [5.41, 5.74) is 11.6. The molecule has 82 valence electrons. The molecule has 1 amide bonds. The Balaban J connectivity index is 2.41. The number of primary amides is 1. The summed E-state index contributed by atoms with van der Waals surface area (Å²) in [5.74, 6) is -0.546. The normalized spacial score (nSPS) is 14.5. The minimum Gasteiger partial charge on any atom is -0.372 e. The van der Waals surface area contributed by atoms with Gasteiger partial charge in [0, 0.05) is 0 Å². The van der Waals surface area contributed by atoms with E-state index in [-0.39, 0.29) is 6.10 Å². The summed E-state index contributed by atoms with van der Waals surface area (Å²) < 4.78 is 5.43. The molecule has 0 bridgehead atoms. The van der Waals surface area contributed by atoms with E-state index in [1.54, 1.807) is 6.92 Å². The van der Waals surface area contributed by atoms with Crippen LogP contribution in [0.5, 0.6) is 0 Å². The quantitative estimate of drug-likeness (QED) is 0.735. The lowest BCUT2D eigenvalue weighted by Crippen LogP contribution is -2.45. The maximum absolute atomic E-state index is 10.8. The molecule has 2 atom stereocenters. The van der Waals surface area contributed by atoms with Gasteiger partial charge in [0.05, 0.1) is 12.7 Å². The monoisotopic (exact) mass is 208 g/mol. The van der Waals surface area contributed by atoms with Crippen LogP contribution in [0.25, 0.3) is 0 Å². The summed E-state index contributed by atoms with van der Waals surface area (Å²) in [4.78, 5) is 10.8. The second-order valence-corrected chi connectivity index (χ2v) is 3.43. The molecule has 15 heavy (non-hydrogen) atoms. The predicted molar refractivity (Wildman–Crippen MR) is 57.9 cm³/mol. The van der Waals surface area contributed by atoms with Gasteiger partial charge in [-0.2, -0.15) is 0 Å². The highest BCUT2D eigenvalue weighted by Gasteiger charge is 2.18. The van der Waals surface area contributed by atoms with E-state index in [2.05, 4.69) is 0 Å². The van der Waals surface area contributed by atoms with Gasteiger partial charge in [0.15, 0.2) is 0 Å². The molecule has 0 aromatic heterocycles. The van der Waals surface area contributed by atoms with Crippen molar-refractivity contribution in [2.75, 3.05) is 0 Å². The molecule has 0 aliphatic rings. The van der Waals surface area contributed by atoms with E-state index >= 15 is 0 Å². The molecule has 0 heterocycles. The van der Waals surface area contributed by atoms with Gasteiger partial charge in [-0.3, -0.25) is 4.79 Å². The number of hydrogen-bond donors (Lipinski definition) is 2. The summed E-state index contributed by atoms with van der Waals surface area (Å²) in [6.07, 6.45) is -0.372. The Labute approximate surface area is 89.2 Å². The SMILES string of the molecule is CC(OCc1ccccc1)[C@H](N)C(N)=O. The first-order valence-corrected chi connectivity index (χ1v) is 4.81. The molecule has 4 nitrogen and oxygen atoms in total. The molecule has 0 radical (unpaired) electrons. The number of hydrogen-bond acceptors (Lipinski definition) is 3. The van der Waals surface area contributed by atoms with E-state index in [9.17, 15) is 4.79 Å². The van der Waals surface area contributed by atoms with Crippen molar-refractivity contribution >= 4 is 5.91 Å². The number of rotatable bonds is 5. The maximum atomic E-state index is 10.8. The minimum atomic E-state index is -0.756. The number of nitrogens with two attached hydrogens (primary N) is 2. The summed E-state index contributed by atoms with van der Waals surface area (Å²) in [7, 11) is 0. The smallest absolute Gasteiger partial charge is 0.237 e. The molecule has 4 N–H and O–H groups in total. The summed E-state index contributed by atoms with van der Waals surface area (Å²) in [5, 5.41) is 0. The Hall–Kier alpha value is -1.39. The van der Waals surface area contributed by atoms with Crippen molar-refractivity contribution in [3.05, 3.63) is 35.9 Å². The zero-order valence-corrected chi connectivity index (χ0v) is 8.72. The highest BCUT2D eigenvalue weighted by Crippen LogP contribution is 2.04. The first-order chi connectivity index (χ1) is 7.11. The second kappa shape index (κ2) is 5.48. The molecule has 4 heteroatoms. The van der Waals surface area contributed by atoms with Crippen LogP contribution in [0.4, 0.5) is 0 Å². The summed E-state index contributed by atoms with van der Waals surface area (Å²) in [6.45, 7) is 2.17. The Bertz CT molecular complexity index is 314. The van der Waals surface area contributed by atoms with E-state index in [1.165, 1.54) is 0 Å². The van der Waals surface area contributed by atoms with Crippen molar-refractivity contribution in [2.45, 2.75) is 25.7 Å². The molecule has 1 aromatic carbocycles. The van der Waals surface area contributed by atoms with Crippen LogP contribution in [-0.2, 0) is 16.1 Å². The Morgan fingerprint density at radius 1 is 1.40 bits per heavy atom. The van der Waals surface area contributed by atoms with Gasteiger partial charge in [-0.25, -0.2) is 0 Å². The van der Waals surface area contributed by atoms with Crippen LogP contribution in [0.3, 0.4) is 0 Å². The summed E-state index contributed by atoms with van der Waals surface area (Å²) in [6, 6.07) is 8.93. The lowest BCUT2D eigenvalue weighted by Gasteiger charge is -2.17. The molecular formula is C11H16N2O2. The number of amides is 1. The number of carbonyl (C=O) groups is 1. The van der Waals surface area contributed by atoms with E-state index < -0.39 is 11.9 Å². The van der Waals surface area contributed by atoms with Gasteiger partial charge in [-0.1, -0.05) is 30.3 Å². The van der Waals surface area contributed by atoms with Gasteiger partial charge in [-0.15, -0.1) is 0 Å². The van der Waals surface area contributed by atoms with E-state index in [4.69, 9.17) is 16.2 Å². The molecule has 1 aromatic rings. The fourth-order valence-corrected chi connectivity index (χ4v) is 1.14. The lowest BCUT2D eigenvalue weighted by molar-refractivity contribution is -0.122. The lowest BCUT2D eigenvalue weighted by atomic mass is 10.2. The van der Waals surface area contributed by atoms with Crippen molar-refractivity contribution in [3.63, 3.8) is 0 Å². The fourth-order valence-electron chi connectivity index (χ4n) is 1.14. The Morgan fingerprint density at radius 2 is 2.00 bits per heavy atom. The van der Waals surface area contributed by atoms with E-state index in [0.29, 0.717) is 6.61 Å². The molecular weight excluding hydrogens is 192 g/mol. The van der Waals surface area contributed by atoms with E-state index in [0.717, 1.165) is 5.56 Å². The van der Waals surface area contributed by atoms with Crippen molar-refractivity contribution < 1.29 is 9.53 Å². The Morgan fingerprint density at radius 3 is 2.53 bits per heavy atom. The van der Waals surface area contributed by atoms with Gasteiger partial charge in [-0.05, 0) is 12.5 Å². The zero-order chi connectivity index (χ0) is 11.3. The first kappa shape index (κ1) is 11.7. The number of benzene rings is 1. The second-order valence-electron chi connectivity index (χ2n) is 3.43. The minimum absolute atomic E-state index is 0.372.